The summed E-state index contributed by atoms with van der Waals surface area (Å²) >= 11 is 5.92. The summed E-state index contributed by atoms with van der Waals surface area (Å²) in [6, 6.07) is 5.38. The van der Waals surface area contributed by atoms with Gasteiger partial charge in [-0.3, -0.25) is 9.59 Å². The molecule has 2 amide bonds. The van der Waals surface area contributed by atoms with E-state index in [4.69, 9.17) is 11.6 Å². The molecule has 0 aliphatic carbocycles. The lowest BCUT2D eigenvalue weighted by molar-refractivity contribution is -0.119. The van der Waals surface area contributed by atoms with E-state index in [1.165, 1.54) is 0 Å². The molecule has 1 aromatic carbocycles. The third-order valence-electron chi connectivity index (χ3n) is 3.57. The van der Waals surface area contributed by atoms with Gasteiger partial charge < -0.3 is 15.1 Å². The Morgan fingerprint density at radius 3 is 2.55 bits per heavy atom. The summed E-state index contributed by atoms with van der Waals surface area (Å²) in [5, 5.41) is 3.41. The Bertz CT molecular complexity index is 592. The van der Waals surface area contributed by atoms with Crippen molar-refractivity contribution in [1.82, 2.24) is 9.80 Å². The monoisotopic (exact) mass is 291 g/mol. The molecular weight excluding hydrogens is 278 g/mol. The zero-order valence-electron chi connectivity index (χ0n) is 10.8. The van der Waals surface area contributed by atoms with Gasteiger partial charge in [-0.25, -0.2) is 0 Å². The van der Waals surface area contributed by atoms with E-state index in [0.29, 0.717) is 23.7 Å². The number of hydrogen-bond acceptors (Lipinski definition) is 3. The Labute approximate surface area is 121 Å². The molecule has 0 bridgehead atoms. The average molecular weight is 292 g/mol. The minimum Gasteiger partial charge on any atom is -0.373 e. The molecule has 1 fully saturated rings. The standard InChI is InChI=1S/C14H14ClN3O2/c15-10-1-2-11-12(14(20)16-13(11)7-10)8-17-3-5-18(9-19)6-4-17/h1-2,7-9H,3-6H2,(H,16,20)/b12-8+. The average Bonchev–Trinajstić information content (AvgIpc) is 2.75. The Balaban J connectivity index is 1.83. The van der Waals surface area contributed by atoms with Gasteiger partial charge in [-0.05, 0) is 12.1 Å². The fourth-order valence-electron chi connectivity index (χ4n) is 2.45. The Kier molecular flexibility index (Phi) is 3.36. The number of hydrogen-bond donors (Lipinski definition) is 1. The number of fused-ring (bicyclic) bond motifs is 1. The molecule has 2 aliphatic heterocycles. The minimum absolute atomic E-state index is 0.111. The van der Waals surface area contributed by atoms with E-state index in [1.807, 2.05) is 12.3 Å². The van der Waals surface area contributed by atoms with Crippen molar-refractivity contribution >= 4 is 35.2 Å². The SMILES string of the molecule is O=CN1CCN(/C=C2/C(=O)Nc3cc(Cl)ccc32)CC1. The molecule has 0 aromatic heterocycles. The second kappa shape index (κ2) is 5.17. The van der Waals surface area contributed by atoms with Gasteiger partial charge in [-0.15, -0.1) is 0 Å². The molecule has 104 valence electrons. The number of benzene rings is 1. The van der Waals surface area contributed by atoms with Crippen molar-refractivity contribution in [2.75, 3.05) is 31.5 Å². The number of carbonyl (C=O) groups is 2. The Morgan fingerprint density at radius 2 is 1.85 bits per heavy atom. The maximum atomic E-state index is 12.0. The van der Waals surface area contributed by atoms with Gasteiger partial charge in [0.1, 0.15) is 0 Å². The summed E-state index contributed by atoms with van der Waals surface area (Å²) < 4.78 is 0. The van der Waals surface area contributed by atoms with E-state index < -0.39 is 0 Å². The first-order valence-corrected chi connectivity index (χ1v) is 6.81. The molecule has 1 aromatic rings. The summed E-state index contributed by atoms with van der Waals surface area (Å²) in [5.74, 6) is -0.111. The van der Waals surface area contributed by atoms with E-state index in [9.17, 15) is 9.59 Å². The number of piperazine rings is 1. The highest BCUT2D eigenvalue weighted by atomic mass is 35.5. The predicted molar refractivity (Wildman–Crippen MR) is 77.3 cm³/mol. The van der Waals surface area contributed by atoms with Crippen molar-refractivity contribution in [3.05, 3.63) is 35.0 Å². The first-order valence-electron chi connectivity index (χ1n) is 6.44. The van der Waals surface area contributed by atoms with Crippen LogP contribution < -0.4 is 5.32 Å². The fraction of sp³-hybridized carbons (Fsp3) is 0.286. The second-order valence-electron chi connectivity index (χ2n) is 4.86. The number of nitrogens with zero attached hydrogens (tertiary/aromatic N) is 2. The van der Waals surface area contributed by atoms with Crippen LogP contribution in [-0.4, -0.2) is 48.3 Å². The van der Waals surface area contributed by atoms with Gasteiger partial charge in [-0.1, -0.05) is 17.7 Å². The molecule has 0 atom stereocenters. The van der Waals surface area contributed by atoms with Crippen molar-refractivity contribution in [2.24, 2.45) is 0 Å². The third-order valence-corrected chi connectivity index (χ3v) is 3.81. The predicted octanol–water partition coefficient (Wildman–Crippen LogP) is 1.41. The number of carbonyl (C=O) groups excluding carboxylic acids is 2. The van der Waals surface area contributed by atoms with Gasteiger partial charge >= 0.3 is 0 Å². The van der Waals surface area contributed by atoms with E-state index in [-0.39, 0.29) is 5.91 Å². The molecular formula is C14H14ClN3O2. The normalized spacial score (nSPS) is 20.1. The van der Waals surface area contributed by atoms with Gasteiger partial charge in [0, 0.05) is 43.0 Å². The maximum absolute atomic E-state index is 12.0. The van der Waals surface area contributed by atoms with Crippen LogP contribution in [0.4, 0.5) is 5.69 Å². The molecule has 1 N–H and O–H groups in total. The minimum atomic E-state index is -0.111. The lowest BCUT2D eigenvalue weighted by Gasteiger charge is -2.31. The molecule has 0 spiro atoms. The highest BCUT2D eigenvalue weighted by Gasteiger charge is 2.25. The van der Waals surface area contributed by atoms with Crippen LogP contribution in [0.15, 0.2) is 24.4 Å². The van der Waals surface area contributed by atoms with Crippen LogP contribution >= 0.6 is 11.6 Å². The molecule has 2 aliphatic rings. The molecule has 0 unspecified atom stereocenters. The van der Waals surface area contributed by atoms with Gasteiger partial charge in [0.15, 0.2) is 0 Å². The van der Waals surface area contributed by atoms with E-state index >= 15 is 0 Å². The quantitative estimate of drug-likeness (QED) is 0.662. The highest BCUT2D eigenvalue weighted by Crippen LogP contribution is 2.33. The van der Waals surface area contributed by atoms with Crippen molar-refractivity contribution < 1.29 is 9.59 Å². The summed E-state index contributed by atoms with van der Waals surface area (Å²) in [6.07, 6.45) is 2.74. The van der Waals surface area contributed by atoms with Gasteiger partial charge in [0.2, 0.25) is 6.41 Å². The number of nitrogens with one attached hydrogen (secondary N) is 1. The molecule has 3 rings (SSSR count). The van der Waals surface area contributed by atoms with Crippen LogP contribution in [-0.2, 0) is 9.59 Å². The highest BCUT2D eigenvalue weighted by molar-refractivity contribution is 6.34. The van der Waals surface area contributed by atoms with Crippen LogP contribution in [0.3, 0.4) is 0 Å². The molecule has 1 saturated heterocycles. The topological polar surface area (TPSA) is 52.7 Å². The van der Waals surface area contributed by atoms with E-state index in [2.05, 4.69) is 10.2 Å². The van der Waals surface area contributed by atoms with Crippen molar-refractivity contribution in [3.63, 3.8) is 0 Å². The molecule has 20 heavy (non-hydrogen) atoms. The van der Waals surface area contributed by atoms with Crippen LogP contribution in [0, 0.1) is 0 Å². The summed E-state index contributed by atoms with van der Waals surface area (Å²) in [5.41, 5.74) is 2.27. The van der Waals surface area contributed by atoms with E-state index in [0.717, 1.165) is 30.8 Å². The summed E-state index contributed by atoms with van der Waals surface area (Å²) in [7, 11) is 0. The van der Waals surface area contributed by atoms with Crippen LogP contribution in [0.2, 0.25) is 5.02 Å². The van der Waals surface area contributed by atoms with Crippen LogP contribution in [0.1, 0.15) is 5.56 Å². The van der Waals surface area contributed by atoms with Crippen LogP contribution in [0.25, 0.3) is 5.57 Å². The number of halogens is 1. The largest absolute Gasteiger partial charge is 0.373 e. The number of rotatable bonds is 2. The second-order valence-corrected chi connectivity index (χ2v) is 5.30. The molecule has 2 heterocycles. The van der Waals surface area contributed by atoms with Gasteiger partial charge in [0.05, 0.1) is 11.3 Å². The van der Waals surface area contributed by atoms with Gasteiger partial charge in [0.25, 0.3) is 5.91 Å². The van der Waals surface area contributed by atoms with Crippen LogP contribution in [0.5, 0.6) is 0 Å². The first kappa shape index (κ1) is 13.0. The van der Waals surface area contributed by atoms with Crippen molar-refractivity contribution in [2.45, 2.75) is 0 Å². The zero-order chi connectivity index (χ0) is 14.1. The molecule has 0 saturated carbocycles. The number of amides is 2. The maximum Gasteiger partial charge on any atom is 0.257 e. The van der Waals surface area contributed by atoms with Gasteiger partial charge in [-0.2, -0.15) is 0 Å². The van der Waals surface area contributed by atoms with E-state index in [1.54, 1.807) is 17.0 Å². The zero-order valence-corrected chi connectivity index (χ0v) is 11.6. The first-order chi connectivity index (χ1) is 9.67. The molecule has 5 nitrogen and oxygen atoms in total. The molecule has 0 radical (unpaired) electrons. The lowest BCUT2D eigenvalue weighted by atomic mass is 10.1. The van der Waals surface area contributed by atoms with Crippen molar-refractivity contribution in [3.8, 4) is 0 Å². The summed E-state index contributed by atoms with van der Waals surface area (Å²) in [6.45, 7) is 2.83. The smallest absolute Gasteiger partial charge is 0.257 e. The fourth-order valence-corrected chi connectivity index (χ4v) is 2.62. The Morgan fingerprint density at radius 1 is 1.15 bits per heavy atom. The number of anilines is 1. The Hall–Kier alpha value is -2.01. The lowest BCUT2D eigenvalue weighted by Crippen LogP contribution is -2.43. The third kappa shape index (κ3) is 2.36. The van der Waals surface area contributed by atoms with Crippen molar-refractivity contribution in [1.29, 1.82) is 0 Å². The summed E-state index contributed by atoms with van der Waals surface area (Å²) in [4.78, 5) is 26.5. The molecule has 6 heteroatoms.